The normalized spacial score (nSPS) is 17.6. The summed E-state index contributed by atoms with van der Waals surface area (Å²) in [7, 11) is 0. The molecule has 0 saturated heterocycles. The van der Waals surface area contributed by atoms with Gasteiger partial charge in [-0.2, -0.15) is 0 Å². The van der Waals surface area contributed by atoms with Crippen molar-refractivity contribution >= 4 is 17.4 Å². The van der Waals surface area contributed by atoms with Gasteiger partial charge < -0.3 is 0 Å². The standard InChI is InChI=1S/C17H22ClFO/c1-12(2)11-17(8-3-4-9-17)15(20)10-13-6-5-7-14(18)16(13)19/h5-7,12H,3-4,8-11H2,1-2H3. The van der Waals surface area contributed by atoms with E-state index in [1.807, 2.05) is 0 Å². The lowest BCUT2D eigenvalue weighted by molar-refractivity contribution is -0.128. The van der Waals surface area contributed by atoms with Gasteiger partial charge in [0.25, 0.3) is 0 Å². The maximum absolute atomic E-state index is 14.0. The Kier molecular flexibility index (Phi) is 4.85. The van der Waals surface area contributed by atoms with Crippen LogP contribution in [0.2, 0.25) is 5.02 Å². The van der Waals surface area contributed by atoms with E-state index in [2.05, 4.69) is 13.8 Å². The summed E-state index contributed by atoms with van der Waals surface area (Å²) in [5, 5.41) is 0.0969. The minimum Gasteiger partial charge on any atom is -0.299 e. The first kappa shape index (κ1) is 15.5. The van der Waals surface area contributed by atoms with E-state index in [9.17, 15) is 9.18 Å². The maximum Gasteiger partial charge on any atom is 0.145 e. The molecule has 0 bridgehead atoms. The number of hydrogen-bond donors (Lipinski definition) is 0. The average Bonchev–Trinajstić information content (AvgIpc) is 2.84. The average molecular weight is 297 g/mol. The van der Waals surface area contributed by atoms with E-state index in [0.29, 0.717) is 11.5 Å². The molecule has 110 valence electrons. The monoisotopic (exact) mass is 296 g/mol. The minimum atomic E-state index is -0.444. The molecular weight excluding hydrogens is 275 g/mol. The summed E-state index contributed by atoms with van der Waals surface area (Å²) in [5.41, 5.74) is 0.195. The number of Topliss-reactive ketones (excluding diaryl/α,β-unsaturated/α-hetero) is 1. The third kappa shape index (κ3) is 3.22. The second kappa shape index (κ2) is 6.26. The van der Waals surface area contributed by atoms with Gasteiger partial charge in [0.1, 0.15) is 11.6 Å². The number of rotatable bonds is 5. The van der Waals surface area contributed by atoms with Crippen molar-refractivity contribution in [3.8, 4) is 0 Å². The molecule has 0 unspecified atom stereocenters. The summed E-state index contributed by atoms with van der Waals surface area (Å²) in [6, 6.07) is 4.89. The summed E-state index contributed by atoms with van der Waals surface area (Å²) in [6.07, 6.45) is 5.19. The van der Waals surface area contributed by atoms with Crippen molar-refractivity contribution in [2.45, 2.75) is 52.4 Å². The van der Waals surface area contributed by atoms with Crippen molar-refractivity contribution in [3.63, 3.8) is 0 Å². The van der Waals surface area contributed by atoms with Crippen LogP contribution in [0, 0.1) is 17.2 Å². The lowest BCUT2D eigenvalue weighted by atomic mass is 9.73. The van der Waals surface area contributed by atoms with E-state index in [4.69, 9.17) is 11.6 Å². The van der Waals surface area contributed by atoms with Gasteiger partial charge in [0.2, 0.25) is 0 Å². The van der Waals surface area contributed by atoms with Gasteiger partial charge in [-0.1, -0.05) is 50.4 Å². The Labute approximate surface area is 125 Å². The van der Waals surface area contributed by atoms with Crippen molar-refractivity contribution in [2.75, 3.05) is 0 Å². The first-order valence-electron chi connectivity index (χ1n) is 7.41. The van der Waals surface area contributed by atoms with Crippen LogP contribution in [0.25, 0.3) is 0 Å². The van der Waals surface area contributed by atoms with Gasteiger partial charge >= 0.3 is 0 Å². The summed E-state index contributed by atoms with van der Waals surface area (Å²) in [5.74, 6) is 0.228. The molecule has 3 heteroatoms. The summed E-state index contributed by atoms with van der Waals surface area (Å²) < 4.78 is 14.0. The third-order valence-electron chi connectivity index (χ3n) is 4.33. The quantitative estimate of drug-likeness (QED) is 0.730. The first-order chi connectivity index (χ1) is 9.44. The molecule has 0 aliphatic heterocycles. The SMILES string of the molecule is CC(C)CC1(C(=O)Cc2cccc(Cl)c2F)CCCC1. The Hall–Kier alpha value is -0.890. The minimum absolute atomic E-state index is 0.0969. The number of benzene rings is 1. The first-order valence-corrected chi connectivity index (χ1v) is 7.78. The number of hydrogen-bond acceptors (Lipinski definition) is 1. The Balaban J connectivity index is 2.19. The van der Waals surface area contributed by atoms with E-state index >= 15 is 0 Å². The Bertz CT molecular complexity index is 490. The van der Waals surface area contributed by atoms with Crippen LogP contribution in [-0.2, 0) is 11.2 Å². The van der Waals surface area contributed by atoms with Crippen LogP contribution in [-0.4, -0.2) is 5.78 Å². The molecule has 1 aromatic carbocycles. The largest absolute Gasteiger partial charge is 0.299 e. The van der Waals surface area contributed by atoms with Crippen molar-refractivity contribution in [1.29, 1.82) is 0 Å². The molecule has 0 aromatic heterocycles. The van der Waals surface area contributed by atoms with Crippen LogP contribution in [0.15, 0.2) is 18.2 Å². The van der Waals surface area contributed by atoms with E-state index in [0.717, 1.165) is 32.1 Å². The lowest BCUT2D eigenvalue weighted by Gasteiger charge is -2.29. The molecule has 2 rings (SSSR count). The van der Waals surface area contributed by atoms with Gasteiger partial charge in [0, 0.05) is 11.8 Å². The van der Waals surface area contributed by atoms with Gasteiger partial charge in [0.15, 0.2) is 0 Å². The predicted octanol–water partition coefficient (Wildman–Crippen LogP) is 5.20. The third-order valence-corrected chi connectivity index (χ3v) is 4.63. The molecule has 20 heavy (non-hydrogen) atoms. The highest BCUT2D eigenvalue weighted by Crippen LogP contribution is 2.44. The van der Waals surface area contributed by atoms with Gasteiger partial charge in [-0.25, -0.2) is 4.39 Å². The molecular formula is C17H22ClFO. The van der Waals surface area contributed by atoms with Crippen LogP contribution in [0.3, 0.4) is 0 Å². The molecule has 0 spiro atoms. The molecule has 1 nitrogen and oxygen atoms in total. The number of halogens is 2. The second-order valence-electron chi connectivity index (χ2n) is 6.40. The van der Waals surface area contributed by atoms with Crippen LogP contribution in [0.1, 0.15) is 51.5 Å². The van der Waals surface area contributed by atoms with Crippen molar-refractivity contribution in [2.24, 2.45) is 11.3 Å². The van der Waals surface area contributed by atoms with E-state index in [1.165, 1.54) is 6.07 Å². The molecule has 0 heterocycles. The highest BCUT2D eigenvalue weighted by Gasteiger charge is 2.40. The second-order valence-corrected chi connectivity index (χ2v) is 6.81. The fourth-order valence-electron chi connectivity index (χ4n) is 3.48. The molecule has 0 amide bonds. The van der Waals surface area contributed by atoms with Crippen LogP contribution < -0.4 is 0 Å². The van der Waals surface area contributed by atoms with Gasteiger partial charge in [-0.3, -0.25) is 4.79 Å². The van der Waals surface area contributed by atoms with Gasteiger partial charge in [0.05, 0.1) is 5.02 Å². The zero-order valence-corrected chi connectivity index (χ0v) is 13.0. The summed E-state index contributed by atoms with van der Waals surface area (Å²) in [4.78, 5) is 12.7. The van der Waals surface area contributed by atoms with Crippen molar-refractivity contribution in [1.82, 2.24) is 0 Å². The zero-order chi connectivity index (χ0) is 14.8. The highest BCUT2D eigenvalue weighted by molar-refractivity contribution is 6.30. The number of ketones is 1. The van der Waals surface area contributed by atoms with Crippen LogP contribution >= 0.6 is 11.6 Å². The molecule has 0 N–H and O–H groups in total. The number of carbonyl (C=O) groups excluding carboxylic acids is 1. The molecule has 1 aliphatic rings. The Morgan fingerprint density at radius 1 is 1.35 bits per heavy atom. The number of carbonyl (C=O) groups is 1. The topological polar surface area (TPSA) is 17.1 Å². The van der Waals surface area contributed by atoms with Crippen LogP contribution in [0.5, 0.6) is 0 Å². The summed E-state index contributed by atoms with van der Waals surface area (Å²) in [6.45, 7) is 4.29. The fourth-order valence-corrected chi connectivity index (χ4v) is 3.67. The molecule has 1 fully saturated rings. The van der Waals surface area contributed by atoms with Gasteiger partial charge in [-0.05, 0) is 36.8 Å². The molecule has 0 radical (unpaired) electrons. The molecule has 1 aromatic rings. The highest BCUT2D eigenvalue weighted by atomic mass is 35.5. The van der Waals surface area contributed by atoms with E-state index < -0.39 is 5.82 Å². The lowest BCUT2D eigenvalue weighted by Crippen LogP contribution is -2.31. The Morgan fingerprint density at radius 3 is 2.60 bits per heavy atom. The summed E-state index contributed by atoms with van der Waals surface area (Å²) >= 11 is 5.79. The van der Waals surface area contributed by atoms with Crippen molar-refractivity contribution in [3.05, 3.63) is 34.6 Å². The fraction of sp³-hybridized carbons (Fsp3) is 0.588. The predicted molar refractivity (Wildman–Crippen MR) is 80.5 cm³/mol. The maximum atomic E-state index is 14.0. The smallest absolute Gasteiger partial charge is 0.145 e. The molecule has 1 saturated carbocycles. The Morgan fingerprint density at radius 2 is 2.00 bits per heavy atom. The zero-order valence-electron chi connectivity index (χ0n) is 12.2. The van der Waals surface area contributed by atoms with Crippen LogP contribution in [0.4, 0.5) is 4.39 Å². The molecule has 1 aliphatic carbocycles. The van der Waals surface area contributed by atoms with E-state index in [1.54, 1.807) is 12.1 Å². The molecule has 0 atom stereocenters. The van der Waals surface area contributed by atoms with Gasteiger partial charge in [-0.15, -0.1) is 0 Å². The van der Waals surface area contributed by atoms with E-state index in [-0.39, 0.29) is 22.6 Å². The van der Waals surface area contributed by atoms with Crippen molar-refractivity contribution < 1.29 is 9.18 Å².